The molecule has 0 heterocycles. The molecule has 114 valence electrons. The molecule has 0 saturated carbocycles. The van der Waals surface area contributed by atoms with Crippen molar-refractivity contribution in [2.75, 3.05) is 18.1 Å². The van der Waals surface area contributed by atoms with E-state index in [1.807, 2.05) is 13.0 Å². The first kappa shape index (κ1) is 17.1. The summed E-state index contributed by atoms with van der Waals surface area (Å²) in [4.78, 5) is 0. The summed E-state index contributed by atoms with van der Waals surface area (Å²) >= 11 is 0. The van der Waals surface area contributed by atoms with E-state index in [0.29, 0.717) is 24.0 Å². The number of nitrogens with one attached hydrogen (secondary N) is 1. The average molecular weight is 301 g/mol. The van der Waals surface area contributed by atoms with Crippen LogP contribution in [0.25, 0.3) is 0 Å². The number of halogens is 1. The molecule has 0 spiro atoms. The quantitative estimate of drug-likeness (QED) is 0.803. The Morgan fingerprint density at radius 3 is 2.60 bits per heavy atom. The molecule has 1 N–H and O–H groups in total. The van der Waals surface area contributed by atoms with Gasteiger partial charge in [-0.15, -0.1) is 0 Å². The molecule has 0 amide bonds. The second-order valence-corrected chi connectivity index (χ2v) is 7.44. The highest BCUT2D eigenvalue weighted by Crippen LogP contribution is 2.23. The third-order valence-corrected chi connectivity index (χ3v) is 5.23. The molecule has 1 unspecified atom stereocenters. The van der Waals surface area contributed by atoms with Crippen LogP contribution in [0.15, 0.2) is 18.2 Å². The van der Waals surface area contributed by atoms with Crippen molar-refractivity contribution in [3.05, 3.63) is 35.1 Å². The summed E-state index contributed by atoms with van der Waals surface area (Å²) in [6.07, 6.45) is 1.16. The molecule has 3 nitrogen and oxygen atoms in total. The molecule has 20 heavy (non-hydrogen) atoms. The van der Waals surface area contributed by atoms with Crippen molar-refractivity contribution in [3.8, 4) is 0 Å². The number of rotatable bonds is 8. The van der Waals surface area contributed by atoms with Crippen LogP contribution in [0.3, 0.4) is 0 Å². The highest BCUT2D eigenvalue weighted by Gasteiger charge is 2.17. The lowest BCUT2D eigenvalue weighted by Gasteiger charge is -2.19. The van der Waals surface area contributed by atoms with E-state index in [0.717, 1.165) is 6.54 Å². The van der Waals surface area contributed by atoms with E-state index in [-0.39, 0.29) is 23.4 Å². The van der Waals surface area contributed by atoms with Crippen molar-refractivity contribution in [3.63, 3.8) is 0 Å². The summed E-state index contributed by atoms with van der Waals surface area (Å²) in [5.41, 5.74) is 1.24. The minimum absolute atomic E-state index is 0.132. The molecule has 0 fully saturated rings. The van der Waals surface area contributed by atoms with E-state index in [1.54, 1.807) is 26.0 Å². The Morgan fingerprint density at radius 1 is 1.30 bits per heavy atom. The Labute approximate surface area is 121 Å². The second kappa shape index (κ2) is 7.74. The third-order valence-electron chi connectivity index (χ3n) is 3.44. The highest BCUT2D eigenvalue weighted by atomic mass is 32.2. The summed E-state index contributed by atoms with van der Waals surface area (Å²) in [5.74, 6) is 0.132. The lowest BCUT2D eigenvalue weighted by Crippen LogP contribution is -2.23. The molecular weight excluding hydrogens is 277 g/mol. The molecule has 0 bridgehead atoms. The molecule has 0 saturated heterocycles. The zero-order valence-electron chi connectivity index (χ0n) is 12.4. The zero-order valence-corrected chi connectivity index (χ0v) is 13.3. The van der Waals surface area contributed by atoms with Crippen LogP contribution in [0.5, 0.6) is 0 Å². The molecule has 1 aromatic rings. The fourth-order valence-electron chi connectivity index (χ4n) is 2.20. The Morgan fingerprint density at radius 2 is 2.00 bits per heavy atom. The number of hydrogen-bond acceptors (Lipinski definition) is 3. The van der Waals surface area contributed by atoms with E-state index in [1.165, 1.54) is 0 Å². The summed E-state index contributed by atoms with van der Waals surface area (Å²) in [5, 5.41) is 3.24. The first-order valence-corrected chi connectivity index (χ1v) is 8.92. The molecule has 5 heteroatoms. The zero-order chi connectivity index (χ0) is 15.2. The van der Waals surface area contributed by atoms with Gasteiger partial charge in [-0.25, -0.2) is 12.8 Å². The predicted molar refractivity (Wildman–Crippen MR) is 81.1 cm³/mol. The Kier molecular flexibility index (Phi) is 6.62. The topological polar surface area (TPSA) is 46.2 Å². The molecule has 0 radical (unpaired) electrons. The monoisotopic (exact) mass is 301 g/mol. The van der Waals surface area contributed by atoms with Crippen LogP contribution in [0.2, 0.25) is 0 Å². The van der Waals surface area contributed by atoms with Gasteiger partial charge in [0.1, 0.15) is 15.7 Å². The molecule has 1 atom stereocenters. The Hall–Kier alpha value is -0.940. The highest BCUT2D eigenvalue weighted by molar-refractivity contribution is 7.91. The maximum atomic E-state index is 14.1. The largest absolute Gasteiger partial charge is 0.310 e. The van der Waals surface area contributed by atoms with Gasteiger partial charge in [0, 0.05) is 17.4 Å². The molecule has 1 aromatic carbocycles. The van der Waals surface area contributed by atoms with Gasteiger partial charge in [-0.3, -0.25) is 0 Å². The number of benzene rings is 1. The van der Waals surface area contributed by atoms with Gasteiger partial charge in [-0.1, -0.05) is 32.0 Å². The van der Waals surface area contributed by atoms with E-state index in [2.05, 4.69) is 5.32 Å². The van der Waals surface area contributed by atoms with Gasteiger partial charge in [0.2, 0.25) is 0 Å². The van der Waals surface area contributed by atoms with Gasteiger partial charge in [0.25, 0.3) is 0 Å². The third kappa shape index (κ3) is 4.87. The molecule has 0 aliphatic heterocycles. The molecule has 0 aliphatic carbocycles. The van der Waals surface area contributed by atoms with Crippen LogP contribution >= 0.6 is 0 Å². The van der Waals surface area contributed by atoms with Gasteiger partial charge in [-0.2, -0.15) is 0 Å². The second-order valence-electron chi connectivity index (χ2n) is 4.97. The van der Waals surface area contributed by atoms with Gasteiger partial charge in [-0.05, 0) is 31.9 Å². The first-order valence-electron chi connectivity index (χ1n) is 7.10. The average Bonchev–Trinajstić information content (AvgIpc) is 2.41. The fraction of sp³-hybridized carbons (Fsp3) is 0.600. The smallest absolute Gasteiger partial charge is 0.150 e. The van der Waals surface area contributed by atoms with Crippen LogP contribution in [0.4, 0.5) is 4.39 Å². The number of hydrogen-bond donors (Lipinski definition) is 1. The standard InChI is InChI=1S/C15H24FNO2S/c1-4-17-14(10-7-11-20(18,19)5-2)13-9-6-8-12(3)15(13)16/h6,8-9,14,17H,4-5,7,10-11H2,1-3H3. The lowest BCUT2D eigenvalue weighted by molar-refractivity contribution is 0.477. The predicted octanol–water partition coefficient (Wildman–Crippen LogP) is 3.00. The van der Waals surface area contributed by atoms with E-state index >= 15 is 0 Å². The van der Waals surface area contributed by atoms with Crippen molar-refractivity contribution in [2.45, 2.75) is 39.7 Å². The van der Waals surface area contributed by atoms with Gasteiger partial charge >= 0.3 is 0 Å². The first-order chi connectivity index (χ1) is 9.41. The van der Waals surface area contributed by atoms with Gasteiger partial charge < -0.3 is 5.32 Å². The minimum Gasteiger partial charge on any atom is -0.310 e. The normalized spacial score (nSPS) is 13.4. The van der Waals surface area contributed by atoms with Gasteiger partial charge in [0.05, 0.1) is 5.75 Å². The van der Waals surface area contributed by atoms with Crippen molar-refractivity contribution in [2.24, 2.45) is 0 Å². The maximum absolute atomic E-state index is 14.1. The number of aryl methyl sites for hydroxylation is 1. The van der Waals surface area contributed by atoms with Gasteiger partial charge in [0.15, 0.2) is 0 Å². The summed E-state index contributed by atoms with van der Waals surface area (Å²) in [6, 6.07) is 5.21. The molecule has 0 aliphatic rings. The summed E-state index contributed by atoms with van der Waals surface area (Å²) in [7, 11) is -2.95. The Bertz CT molecular complexity index is 529. The van der Waals surface area contributed by atoms with Crippen LogP contribution in [-0.4, -0.2) is 26.5 Å². The van der Waals surface area contributed by atoms with Crippen LogP contribution < -0.4 is 5.32 Å². The maximum Gasteiger partial charge on any atom is 0.150 e. The van der Waals surface area contributed by atoms with Crippen LogP contribution in [-0.2, 0) is 9.84 Å². The summed E-state index contributed by atoms with van der Waals surface area (Å²) < 4.78 is 37.1. The molecule has 1 rings (SSSR count). The SMILES string of the molecule is CCNC(CCCS(=O)(=O)CC)c1cccc(C)c1F. The van der Waals surface area contributed by atoms with E-state index in [9.17, 15) is 12.8 Å². The molecule has 0 aromatic heterocycles. The van der Waals surface area contributed by atoms with Crippen molar-refractivity contribution < 1.29 is 12.8 Å². The van der Waals surface area contributed by atoms with E-state index < -0.39 is 9.84 Å². The molecular formula is C15H24FNO2S. The van der Waals surface area contributed by atoms with Crippen molar-refractivity contribution in [1.29, 1.82) is 0 Å². The van der Waals surface area contributed by atoms with Crippen molar-refractivity contribution in [1.82, 2.24) is 5.32 Å². The lowest BCUT2D eigenvalue weighted by atomic mass is 9.99. The summed E-state index contributed by atoms with van der Waals surface area (Å²) in [6.45, 7) is 6.07. The Balaban J connectivity index is 2.77. The number of sulfone groups is 1. The van der Waals surface area contributed by atoms with Crippen molar-refractivity contribution >= 4 is 9.84 Å². The van der Waals surface area contributed by atoms with Crippen LogP contribution in [0, 0.1) is 12.7 Å². The van der Waals surface area contributed by atoms with E-state index in [4.69, 9.17) is 0 Å². The minimum atomic E-state index is -2.95. The van der Waals surface area contributed by atoms with Crippen LogP contribution in [0.1, 0.15) is 43.9 Å². The fourth-order valence-corrected chi connectivity index (χ4v) is 3.10.